The van der Waals surface area contributed by atoms with Gasteiger partial charge in [0.1, 0.15) is 0 Å². The van der Waals surface area contributed by atoms with E-state index in [-0.39, 0.29) is 17.3 Å². The summed E-state index contributed by atoms with van der Waals surface area (Å²) in [6.45, 7) is 2.65. The summed E-state index contributed by atoms with van der Waals surface area (Å²) in [5.74, 6) is -0.0946. The van der Waals surface area contributed by atoms with E-state index in [0.29, 0.717) is 17.1 Å². The van der Waals surface area contributed by atoms with Crippen LogP contribution in [0.25, 0.3) is 0 Å². The molecule has 0 unspecified atom stereocenters. The summed E-state index contributed by atoms with van der Waals surface area (Å²) in [6.07, 6.45) is 0.768. The second-order valence-corrected chi connectivity index (χ2v) is 9.52. The van der Waals surface area contributed by atoms with Gasteiger partial charge in [0, 0.05) is 29.4 Å². The van der Waals surface area contributed by atoms with Crippen molar-refractivity contribution in [2.45, 2.75) is 24.8 Å². The number of amides is 1. The summed E-state index contributed by atoms with van der Waals surface area (Å²) in [5, 5.41) is 0.580. The van der Waals surface area contributed by atoms with Crippen molar-refractivity contribution in [2.24, 2.45) is 0 Å². The van der Waals surface area contributed by atoms with Gasteiger partial charge in [0.15, 0.2) is 0 Å². The summed E-state index contributed by atoms with van der Waals surface area (Å²) in [5.41, 5.74) is 4.25. The number of nitrogens with one attached hydrogen (secondary N) is 1. The third kappa shape index (κ3) is 4.26. The third-order valence-corrected chi connectivity index (χ3v) is 6.85. The minimum absolute atomic E-state index is 0.0946. The van der Waals surface area contributed by atoms with E-state index in [1.54, 1.807) is 53.4 Å². The molecule has 0 aliphatic carbocycles. The summed E-state index contributed by atoms with van der Waals surface area (Å²) >= 11 is 5.92. The molecule has 1 aliphatic heterocycles. The average Bonchev–Trinajstić information content (AvgIpc) is 3.16. The van der Waals surface area contributed by atoms with Gasteiger partial charge in [-0.2, -0.15) is 0 Å². The van der Waals surface area contributed by atoms with Crippen LogP contribution in [0.5, 0.6) is 0 Å². The van der Waals surface area contributed by atoms with Crippen LogP contribution in [-0.4, -0.2) is 20.9 Å². The number of aryl methyl sites for hydroxylation is 1. The summed E-state index contributed by atoms with van der Waals surface area (Å²) < 4.78 is 27.7. The maximum absolute atomic E-state index is 12.9. The van der Waals surface area contributed by atoms with Gasteiger partial charge in [-0.25, -0.2) is 13.1 Å². The minimum atomic E-state index is -3.61. The van der Waals surface area contributed by atoms with Gasteiger partial charge in [-0.15, -0.1) is 0 Å². The molecule has 1 amide bonds. The minimum Gasteiger partial charge on any atom is -0.308 e. The fourth-order valence-corrected chi connectivity index (χ4v) is 4.62. The van der Waals surface area contributed by atoms with Gasteiger partial charge in [-0.1, -0.05) is 41.4 Å². The first kappa shape index (κ1) is 20.6. The van der Waals surface area contributed by atoms with Crippen molar-refractivity contribution < 1.29 is 13.2 Å². The number of nitrogens with zero attached hydrogens (tertiary/aromatic N) is 1. The number of rotatable bonds is 5. The molecule has 3 aromatic rings. The van der Waals surface area contributed by atoms with Crippen LogP contribution in [0.4, 0.5) is 5.69 Å². The average molecular weight is 441 g/mol. The molecule has 4 rings (SSSR count). The predicted octanol–water partition coefficient (Wildman–Crippen LogP) is 4.33. The Balaban J connectivity index is 1.52. The second-order valence-electron chi connectivity index (χ2n) is 7.31. The molecule has 154 valence electrons. The molecule has 0 atom stereocenters. The van der Waals surface area contributed by atoms with Gasteiger partial charge in [-0.05, 0) is 66.9 Å². The van der Waals surface area contributed by atoms with Gasteiger partial charge in [0.2, 0.25) is 10.0 Å². The van der Waals surface area contributed by atoms with Crippen molar-refractivity contribution in [1.29, 1.82) is 0 Å². The Morgan fingerprint density at radius 3 is 2.43 bits per heavy atom. The number of carbonyl (C=O) groups is 1. The molecule has 0 fully saturated rings. The van der Waals surface area contributed by atoms with Gasteiger partial charge in [0.25, 0.3) is 5.91 Å². The first-order chi connectivity index (χ1) is 14.3. The summed E-state index contributed by atoms with van der Waals surface area (Å²) in [6, 6.07) is 19.3. The normalized spacial score (nSPS) is 13.3. The molecule has 1 heterocycles. The Kier molecular flexibility index (Phi) is 5.64. The number of hydrogen-bond acceptors (Lipinski definition) is 3. The highest BCUT2D eigenvalue weighted by Gasteiger charge is 2.26. The molecule has 1 aliphatic rings. The maximum atomic E-state index is 12.9. The van der Waals surface area contributed by atoms with Crippen molar-refractivity contribution in [3.63, 3.8) is 0 Å². The Morgan fingerprint density at radius 1 is 1.03 bits per heavy atom. The molecule has 0 spiro atoms. The maximum Gasteiger partial charge on any atom is 0.258 e. The lowest BCUT2D eigenvalue weighted by atomic mass is 10.1. The lowest BCUT2D eigenvalue weighted by molar-refractivity contribution is 0.0989. The molecule has 30 heavy (non-hydrogen) atoms. The molecule has 7 heteroatoms. The van der Waals surface area contributed by atoms with Crippen molar-refractivity contribution in [2.75, 3.05) is 11.4 Å². The smallest absolute Gasteiger partial charge is 0.258 e. The largest absolute Gasteiger partial charge is 0.308 e. The summed E-state index contributed by atoms with van der Waals surface area (Å²) in [4.78, 5) is 14.9. The molecular weight excluding hydrogens is 420 g/mol. The zero-order chi connectivity index (χ0) is 21.3. The van der Waals surface area contributed by atoms with E-state index >= 15 is 0 Å². The number of carbonyl (C=O) groups excluding carboxylic acids is 1. The Bertz CT molecular complexity index is 1190. The second kappa shape index (κ2) is 8.22. The predicted molar refractivity (Wildman–Crippen MR) is 118 cm³/mol. The van der Waals surface area contributed by atoms with Gasteiger partial charge >= 0.3 is 0 Å². The number of fused-ring (bicyclic) bond motifs is 1. The van der Waals surface area contributed by atoms with E-state index in [2.05, 4.69) is 4.72 Å². The fourth-order valence-electron chi connectivity index (χ4n) is 3.47. The molecule has 0 bridgehead atoms. The molecule has 0 radical (unpaired) electrons. The van der Waals surface area contributed by atoms with E-state index in [9.17, 15) is 13.2 Å². The molecular formula is C23H21ClN2O3S. The molecule has 1 N–H and O–H groups in total. The van der Waals surface area contributed by atoms with Crippen LogP contribution in [-0.2, 0) is 23.0 Å². The highest BCUT2D eigenvalue weighted by atomic mass is 35.5. The van der Waals surface area contributed by atoms with Gasteiger partial charge in [-0.3, -0.25) is 4.79 Å². The topological polar surface area (TPSA) is 66.5 Å². The number of sulfonamides is 1. The van der Waals surface area contributed by atoms with Crippen molar-refractivity contribution in [3.05, 3.63) is 94.0 Å². The number of hydrogen-bond donors (Lipinski definition) is 1. The van der Waals surface area contributed by atoms with Crippen LogP contribution in [0.2, 0.25) is 5.02 Å². The quantitative estimate of drug-likeness (QED) is 0.642. The first-order valence-corrected chi connectivity index (χ1v) is 11.5. The lowest BCUT2D eigenvalue weighted by Gasteiger charge is -2.18. The van der Waals surface area contributed by atoms with Crippen molar-refractivity contribution in [3.8, 4) is 0 Å². The third-order valence-electron chi connectivity index (χ3n) is 5.18. The number of halogens is 1. The van der Waals surface area contributed by atoms with E-state index in [4.69, 9.17) is 11.6 Å². The highest BCUT2D eigenvalue weighted by molar-refractivity contribution is 7.89. The highest BCUT2D eigenvalue weighted by Crippen LogP contribution is 2.30. The van der Waals surface area contributed by atoms with Crippen LogP contribution in [0, 0.1) is 6.92 Å². The molecule has 3 aromatic carbocycles. The van der Waals surface area contributed by atoms with Crippen LogP contribution in [0.3, 0.4) is 0 Å². The Hall–Kier alpha value is -2.67. The molecule has 0 saturated carbocycles. The number of benzene rings is 3. The fraction of sp³-hybridized carbons (Fsp3) is 0.174. The van der Waals surface area contributed by atoms with Crippen LogP contribution >= 0.6 is 11.6 Å². The Morgan fingerprint density at radius 2 is 1.73 bits per heavy atom. The van der Waals surface area contributed by atoms with Gasteiger partial charge in [0.05, 0.1) is 4.90 Å². The van der Waals surface area contributed by atoms with Crippen molar-refractivity contribution in [1.82, 2.24) is 4.72 Å². The lowest BCUT2D eigenvalue weighted by Crippen LogP contribution is -2.29. The molecule has 0 saturated heterocycles. The molecule has 5 nitrogen and oxygen atoms in total. The monoisotopic (exact) mass is 440 g/mol. The molecule has 0 aromatic heterocycles. The SMILES string of the molecule is Cc1ccc(S(=O)(=O)NCc2ccc3c(c2)N(C(=O)c2ccc(Cl)cc2)CC3)cc1. The standard InChI is InChI=1S/C23H21ClN2O3S/c1-16-2-10-21(11-3-16)30(28,29)25-15-17-4-5-18-12-13-26(22(18)14-17)23(27)19-6-8-20(24)9-7-19/h2-11,14,25H,12-13,15H2,1H3. The van der Waals surface area contributed by atoms with E-state index in [1.807, 2.05) is 25.1 Å². The zero-order valence-electron chi connectivity index (χ0n) is 16.4. The Labute approximate surface area is 181 Å². The van der Waals surface area contributed by atoms with Crippen LogP contribution < -0.4 is 9.62 Å². The van der Waals surface area contributed by atoms with Crippen molar-refractivity contribution >= 4 is 33.2 Å². The van der Waals surface area contributed by atoms with E-state index in [0.717, 1.165) is 28.8 Å². The number of anilines is 1. The van der Waals surface area contributed by atoms with Gasteiger partial charge < -0.3 is 4.90 Å². The van der Waals surface area contributed by atoms with Crippen LogP contribution in [0.15, 0.2) is 71.6 Å². The summed E-state index contributed by atoms with van der Waals surface area (Å²) in [7, 11) is -3.61. The van der Waals surface area contributed by atoms with Crippen LogP contribution in [0.1, 0.15) is 27.0 Å². The zero-order valence-corrected chi connectivity index (χ0v) is 18.0. The first-order valence-electron chi connectivity index (χ1n) is 9.59. The van der Waals surface area contributed by atoms with E-state index in [1.165, 1.54) is 0 Å². The van der Waals surface area contributed by atoms with E-state index < -0.39 is 10.0 Å².